The molecule has 3 N–H and O–H groups in total. The number of nitrogens with two attached hydrogens (primary N) is 1. The van der Waals surface area contributed by atoms with E-state index in [-0.39, 0.29) is 0 Å². The minimum absolute atomic E-state index is 0.572. The van der Waals surface area contributed by atoms with Crippen LogP contribution < -0.4 is 5.73 Å². The fraction of sp³-hybridized carbons (Fsp3) is 0.500. The molecule has 0 aliphatic carbocycles. The van der Waals surface area contributed by atoms with E-state index < -0.39 is 24.0 Å². The molecule has 0 fully saturated rings. The highest BCUT2D eigenvalue weighted by molar-refractivity contribution is 5.87. The first-order chi connectivity index (χ1) is 5.91. The Morgan fingerprint density at radius 1 is 1.54 bits per heavy atom. The number of hydrogen-bond donors (Lipinski definition) is 2. The summed E-state index contributed by atoms with van der Waals surface area (Å²) in [6, 6.07) is 0.141. The standard InChI is InChI=1S/C8H12N2O3/c1-4-10(6(3)8(12)13)7(11)5(2)9/h1,5-6H,9H2,2-3H3,(H,12,13)/t5-,6-/m1/s1. The van der Waals surface area contributed by atoms with Gasteiger partial charge in [0.05, 0.1) is 6.04 Å². The zero-order valence-corrected chi connectivity index (χ0v) is 7.52. The third-order valence-electron chi connectivity index (χ3n) is 1.51. The lowest BCUT2D eigenvalue weighted by molar-refractivity contribution is -0.146. The number of nitrogens with zero attached hydrogens (tertiary/aromatic N) is 1. The lowest BCUT2D eigenvalue weighted by atomic mass is 10.2. The van der Waals surface area contributed by atoms with Gasteiger partial charge in [-0.3, -0.25) is 9.69 Å². The molecule has 0 unspecified atom stereocenters. The second kappa shape index (κ2) is 4.48. The van der Waals surface area contributed by atoms with Crippen LogP contribution >= 0.6 is 0 Å². The molecule has 0 aromatic heterocycles. The van der Waals surface area contributed by atoms with Gasteiger partial charge in [-0.2, -0.15) is 0 Å². The van der Waals surface area contributed by atoms with E-state index >= 15 is 0 Å². The normalized spacial score (nSPS) is 14.0. The Kier molecular flexibility index (Phi) is 3.95. The summed E-state index contributed by atoms with van der Waals surface area (Å²) in [5.41, 5.74) is 5.27. The van der Waals surface area contributed by atoms with Crippen LogP contribution in [0.5, 0.6) is 0 Å². The predicted octanol–water partition coefficient (Wildman–Crippen LogP) is -0.774. The van der Waals surface area contributed by atoms with E-state index in [1.807, 2.05) is 6.04 Å². The van der Waals surface area contributed by atoms with Crippen LogP contribution in [0.2, 0.25) is 0 Å². The number of carbonyl (C=O) groups excluding carboxylic acids is 1. The summed E-state index contributed by atoms with van der Waals surface area (Å²) in [4.78, 5) is 22.5. The van der Waals surface area contributed by atoms with Gasteiger partial charge in [-0.1, -0.05) is 6.42 Å². The highest BCUT2D eigenvalue weighted by atomic mass is 16.4. The van der Waals surface area contributed by atoms with Gasteiger partial charge in [0, 0.05) is 6.04 Å². The van der Waals surface area contributed by atoms with Gasteiger partial charge in [-0.25, -0.2) is 4.79 Å². The van der Waals surface area contributed by atoms with Gasteiger partial charge in [0.25, 0.3) is 5.91 Å². The third kappa shape index (κ3) is 2.76. The number of rotatable bonds is 3. The average molecular weight is 184 g/mol. The second-order valence-corrected chi connectivity index (χ2v) is 2.64. The lowest BCUT2D eigenvalue weighted by Gasteiger charge is -2.21. The number of aliphatic carboxylic acids is 1. The van der Waals surface area contributed by atoms with Crippen molar-refractivity contribution in [3.63, 3.8) is 0 Å². The minimum atomic E-state index is -1.16. The number of amides is 1. The van der Waals surface area contributed by atoms with Crippen LogP contribution in [0.15, 0.2) is 0 Å². The Morgan fingerprint density at radius 3 is 2.23 bits per heavy atom. The molecule has 13 heavy (non-hydrogen) atoms. The lowest BCUT2D eigenvalue weighted by Crippen LogP contribution is -2.46. The van der Waals surface area contributed by atoms with Gasteiger partial charge >= 0.3 is 5.97 Å². The quantitative estimate of drug-likeness (QED) is 0.445. The molecular weight excluding hydrogens is 172 g/mol. The molecule has 1 amide bonds. The molecule has 5 heteroatoms. The van der Waals surface area contributed by atoms with Crippen LogP contribution in [0.25, 0.3) is 0 Å². The van der Waals surface area contributed by atoms with Crippen LogP contribution in [-0.2, 0) is 9.59 Å². The van der Waals surface area contributed by atoms with Gasteiger partial charge in [-0.05, 0) is 13.8 Å². The zero-order chi connectivity index (χ0) is 10.6. The monoisotopic (exact) mass is 184 g/mol. The molecular formula is C8H12N2O3. The molecule has 0 aromatic rings. The number of carbonyl (C=O) groups is 2. The highest BCUT2D eigenvalue weighted by Gasteiger charge is 2.25. The van der Waals surface area contributed by atoms with E-state index in [0.717, 1.165) is 4.90 Å². The van der Waals surface area contributed by atoms with Crippen molar-refractivity contribution in [2.45, 2.75) is 25.9 Å². The maximum absolute atomic E-state index is 11.2. The average Bonchev–Trinajstić information content (AvgIpc) is 2.04. The number of carboxylic acids is 1. The summed E-state index contributed by atoms with van der Waals surface area (Å²) in [5, 5.41) is 8.58. The molecule has 0 rings (SSSR count). The van der Waals surface area contributed by atoms with E-state index in [0.29, 0.717) is 0 Å². The Hall–Kier alpha value is -1.54. The molecule has 0 heterocycles. The van der Waals surface area contributed by atoms with E-state index in [9.17, 15) is 9.59 Å². The molecule has 5 nitrogen and oxygen atoms in total. The topological polar surface area (TPSA) is 83.6 Å². The molecule has 0 aliphatic heterocycles. The van der Waals surface area contributed by atoms with Crippen LogP contribution in [-0.4, -0.2) is 34.0 Å². The van der Waals surface area contributed by atoms with E-state index in [2.05, 4.69) is 0 Å². The minimum Gasteiger partial charge on any atom is -0.480 e. The summed E-state index contributed by atoms with van der Waals surface area (Å²) >= 11 is 0. The van der Waals surface area contributed by atoms with Gasteiger partial charge in [0.15, 0.2) is 0 Å². The van der Waals surface area contributed by atoms with Crippen molar-refractivity contribution in [3.05, 3.63) is 0 Å². The van der Waals surface area contributed by atoms with Crippen LogP contribution in [0, 0.1) is 12.5 Å². The van der Waals surface area contributed by atoms with Crippen LogP contribution in [0.3, 0.4) is 0 Å². The smallest absolute Gasteiger partial charge is 0.327 e. The van der Waals surface area contributed by atoms with Gasteiger partial charge in [0.1, 0.15) is 6.04 Å². The zero-order valence-electron chi connectivity index (χ0n) is 7.52. The summed E-state index contributed by atoms with van der Waals surface area (Å²) in [6.45, 7) is 2.77. The van der Waals surface area contributed by atoms with Crippen LogP contribution in [0.1, 0.15) is 13.8 Å². The van der Waals surface area contributed by atoms with Crippen molar-refractivity contribution >= 4 is 11.9 Å². The molecule has 0 aromatic carbocycles. The number of carboxylic acid groups (broad SMARTS) is 1. The Morgan fingerprint density at radius 2 is 2.00 bits per heavy atom. The molecule has 0 spiro atoms. The fourth-order valence-electron chi connectivity index (χ4n) is 0.696. The fourth-order valence-corrected chi connectivity index (χ4v) is 0.696. The van der Waals surface area contributed by atoms with E-state index in [4.69, 9.17) is 17.3 Å². The number of hydrogen-bond acceptors (Lipinski definition) is 3. The summed E-state index contributed by atoms with van der Waals surface area (Å²) in [7, 11) is 0. The van der Waals surface area contributed by atoms with Crippen molar-refractivity contribution in [2.24, 2.45) is 5.73 Å². The largest absolute Gasteiger partial charge is 0.480 e. The van der Waals surface area contributed by atoms with Crippen molar-refractivity contribution in [2.75, 3.05) is 0 Å². The maximum atomic E-state index is 11.2. The first kappa shape index (κ1) is 11.5. The van der Waals surface area contributed by atoms with Gasteiger partial charge < -0.3 is 10.8 Å². The second-order valence-electron chi connectivity index (χ2n) is 2.64. The molecule has 0 saturated heterocycles. The Balaban J connectivity index is 4.63. The third-order valence-corrected chi connectivity index (χ3v) is 1.51. The molecule has 0 saturated carbocycles. The van der Waals surface area contributed by atoms with Gasteiger partial charge in [-0.15, -0.1) is 0 Å². The van der Waals surface area contributed by atoms with E-state index in [1.165, 1.54) is 13.8 Å². The van der Waals surface area contributed by atoms with E-state index in [1.54, 1.807) is 0 Å². The highest BCUT2D eigenvalue weighted by Crippen LogP contribution is 2.00. The van der Waals surface area contributed by atoms with Gasteiger partial charge in [0.2, 0.25) is 0 Å². The SMILES string of the molecule is C#CN(C(=O)[C@@H](C)N)[C@H](C)C(=O)O. The van der Waals surface area contributed by atoms with Crippen molar-refractivity contribution < 1.29 is 14.7 Å². The number of terminal acetylenes is 1. The molecule has 0 radical (unpaired) electrons. The molecule has 72 valence electrons. The van der Waals surface area contributed by atoms with Crippen molar-refractivity contribution in [3.8, 4) is 12.5 Å². The molecule has 0 aliphatic rings. The van der Waals surface area contributed by atoms with Crippen molar-refractivity contribution in [1.82, 2.24) is 4.90 Å². The molecule has 2 atom stereocenters. The maximum Gasteiger partial charge on any atom is 0.327 e. The molecule has 0 bridgehead atoms. The predicted molar refractivity (Wildman–Crippen MR) is 46.4 cm³/mol. The summed E-state index contributed by atoms with van der Waals surface area (Å²) in [5.74, 6) is -1.73. The van der Waals surface area contributed by atoms with Crippen molar-refractivity contribution in [1.29, 1.82) is 0 Å². The Bertz CT molecular complexity index is 255. The first-order valence-electron chi connectivity index (χ1n) is 3.69. The van der Waals surface area contributed by atoms with Crippen LogP contribution in [0.4, 0.5) is 0 Å². The summed E-state index contributed by atoms with van der Waals surface area (Å²) < 4.78 is 0. The Labute approximate surface area is 76.5 Å². The first-order valence-corrected chi connectivity index (χ1v) is 3.69. The summed E-state index contributed by atoms with van der Waals surface area (Å²) in [6.07, 6.45) is 4.99.